The van der Waals surface area contributed by atoms with Crippen molar-refractivity contribution in [2.75, 3.05) is 23.8 Å². The van der Waals surface area contributed by atoms with Crippen molar-refractivity contribution >= 4 is 17.3 Å². The third-order valence-corrected chi connectivity index (χ3v) is 3.36. The summed E-state index contributed by atoms with van der Waals surface area (Å²) in [7, 11) is 0. The van der Waals surface area contributed by atoms with Crippen LogP contribution in [0.5, 0.6) is 11.5 Å². The van der Waals surface area contributed by atoms with Gasteiger partial charge in [0.25, 0.3) is 0 Å². The van der Waals surface area contributed by atoms with Crippen LogP contribution in [0, 0.1) is 0 Å². The predicted molar refractivity (Wildman–Crippen MR) is 85.6 cm³/mol. The lowest BCUT2D eigenvalue weighted by atomic mass is 10.2. The van der Waals surface area contributed by atoms with E-state index in [0.29, 0.717) is 30.4 Å². The normalized spacial score (nSPS) is 14.0. The Morgan fingerprint density at radius 1 is 1.00 bits per heavy atom. The van der Waals surface area contributed by atoms with E-state index in [4.69, 9.17) is 9.47 Å². The van der Waals surface area contributed by atoms with Gasteiger partial charge in [-0.2, -0.15) is 0 Å². The Morgan fingerprint density at radius 3 is 2.50 bits per heavy atom. The van der Waals surface area contributed by atoms with Gasteiger partial charge in [-0.15, -0.1) is 0 Å². The second kappa shape index (κ2) is 6.39. The van der Waals surface area contributed by atoms with Crippen LogP contribution < -0.4 is 20.1 Å². The highest BCUT2D eigenvalue weighted by atomic mass is 16.6. The average molecular weight is 298 g/mol. The van der Waals surface area contributed by atoms with Crippen molar-refractivity contribution in [3.8, 4) is 11.5 Å². The molecule has 3 rings (SSSR count). The molecule has 2 N–H and O–H groups in total. The summed E-state index contributed by atoms with van der Waals surface area (Å²) in [6, 6.07) is 14.7. The molecular weight excluding hydrogens is 280 g/mol. The lowest BCUT2D eigenvalue weighted by Gasteiger charge is -2.20. The summed E-state index contributed by atoms with van der Waals surface area (Å²) in [6.45, 7) is 2.90. The number of ether oxygens (including phenoxy) is 2. The van der Waals surface area contributed by atoms with E-state index in [0.717, 1.165) is 5.69 Å². The molecule has 0 saturated heterocycles. The van der Waals surface area contributed by atoms with Gasteiger partial charge in [-0.1, -0.05) is 18.2 Å². The summed E-state index contributed by atoms with van der Waals surface area (Å²) in [6.07, 6.45) is 0. The smallest absolute Gasteiger partial charge is 0.246 e. The number of para-hydroxylation sites is 1. The monoisotopic (exact) mass is 298 g/mol. The molecule has 0 unspecified atom stereocenters. The zero-order valence-corrected chi connectivity index (χ0v) is 12.3. The average Bonchev–Trinajstić information content (AvgIpc) is 2.55. The van der Waals surface area contributed by atoms with Gasteiger partial charge in [-0.3, -0.25) is 4.79 Å². The molecular formula is C17H18N2O3. The fraction of sp³-hybridized carbons (Fsp3) is 0.235. The largest absolute Gasteiger partial charge is 0.486 e. The first-order valence-electron chi connectivity index (χ1n) is 7.24. The van der Waals surface area contributed by atoms with E-state index in [1.54, 1.807) is 18.2 Å². The van der Waals surface area contributed by atoms with Gasteiger partial charge in [0, 0.05) is 17.4 Å². The molecule has 2 aromatic carbocycles. The van der Waals surface area contributed by atoms with Crippen LogP contribution in [0.4, 0.5) is 11.4 Å². The van der Waals surface area contributed by atoms with Crippen LogP contribution in [0.2, 0.25) is 0 Å². The fourth-order valence-electron chi connectivity index (χ4n) is 2.22. The van der Waals surface area contributed by atoms with Crippen LogP contribution in [0.15, 0.2) is 48.5 Å². The number of rotatable bonds is 4. The number of fused-ring (bicyclic) bond motifs is 1. The van der Waals surface area contributed by atoms with Crippen molar-refractivity contribution < 1.29 is 14.3 Å². The molecule has 0 aromatic heterocycles. The molecule has 114 valence electrons. The third-order valence-electron chi connectivity index (χ3n) is 3.36. The minimum Gasteiger partial charge on any atom is -0.486 e. The Balaban J connectivity index is 1.63. The molecule has 0 aliphatic carbocycles. The first-order chi connectivity index (χ1) is 10.7. The van der Waals surface area contributed by atoms with Gasteiger partial charge < -0.3 is 20.1 Å². The van der Waals surface area contributed by atoms with Crippen molar-refractivity contribution in [2.45, 2.75) is 13.0 Å². The van der Waals surface area contributed by atoms with Gasteiger partial charge in [-0.25, -0.2) is 0 Å². The van der Waals surface area contributed by atoms with E-state index in [1.165, 1.54) is 0 Å². The molecule has 0 fully saturated rings. The predicted octanol–water partition coefficient (Wildman–Crippen LogP) is 2.90. The molecule has 0 saturated carbocycles. The van der Waals surface area contributed by atoms with E-state index in [2.05, 4.69) is 10.6 Å². The van der Waals surface area contributed by atoms with Crippen LogP contribution in [0.25, 0.3) is 0 Å². The number of nitrogens with one attached hydrogen (secondary N) is 2. The Labute approximate surface area is 129 Å². The van der Waals surface area contributed by atoms with Crippen LogP contribution in [0.1, 0.15) is 6.92 Å². The van der Waals surface area contributed by atoms with E-state index >= 15 is 0 Å². The van der Waals surface area contributed by atoms with Gasteiger partial charge in [0.2, 0.25) is 5.91 Å². The highest BCUT2D eigenvalue weighted by Crippen LogP contribution is 2.32. The number of anilines is 2. The number of benzene rings is 2. The van der Waals surface area contributed by atoms with E-state index in [9.17, 15) is 4.79 Å². The molecule has 1 aliphatic rings. The maximum atomic E-state index is 12.2. The zero-order valence-electron chi connectivity index (χ0n) is 12.3. The SMILES string of the molecule is C[C@@H](Nc1ccccc1)C(=O)Nc1ccc2c(c1)OCCO2. The second-order valence-electron chi connectivity index (χ2n) is 5.08. The van der Waals surface area contributed by atoms with Crippen molar-refractivity contribution in [1.29, 1.82) is 0 Å². The number of carbonyl (C=O) groups excluding carboxylic acids is 1. The molecule has 1 atom stereocenters. The second-order valence-corrected chi connectivity index (χ2v) is 5.08. The van der Waals surface area contributed by atoms with Crippen LogP contribution in [0.3, 0.4) is 0 Å². The molecule has 1 heterocycles. The van der Waals surface area contributed by atoms with Gasteiger partial charge in [0.15, 0.2) is 11.5 Å². The van der Waals surface area contributed by atoms with E-state index in [-0.39, 0.29) is 11.9 Å². The van der Waals surface area contributed by atoms with Crippen LogP contribution in [-0.4, -0.2) is 25.2 Å². The molecule has 5 nitrogen and oxygen atoms in total. The quantitative estimate of drug-likeness (QED) is 0.911. The van der Waals surface area contributed by atoms with Crippen molar-refractivity contribution in [3.63, 3.8) is 0 Å². The number of carbonyl (C=O) groups is 1. The minimum atomic E-state index is -0.351. The van der Waals surface area contributed by atoms with Crippen molar-refractivity contribution in [3.05, 3.63) is 48.5 Å². The number of hydrogen-bond donors (Lipinski definition) is 2. The Hall–Kier alpha value is -2.69. The minimum absolute atomic E-state index is 0.111. The molecule has 1 amide bonds. The summed E-state index contributed by atoms with van der Waals surface area (Å²) < 4.78 is 11.0. The Morgan fingerprint density at radius 2 is 1.73 bits per heavy atom. The van der Waals surface area contributed by atoms with Gasteiger partial charge in [0.05, 0.1) is 0 Å². The molecule has 2 aromatic rings. The first kappa shape index (κ1) is 14.3. The first-order valence-corrected chi connectivity index (χ1v) is 7.24. The standard InChI is InChI=1S/C17H18N2O3/c1-12(18-13-5-3-2-4-6-13)17(20)19-14-7-8-15-16(11-14)22-10-9-21-15/h2-8,11-12,18H,9-10H2,1H3,(H,19,20)/t12-/m1/s1. The molecule has 0 spiro atoms. The van der Waals surface area contributed by atoms with Gasteiger partial charge in [-0.05, 0) is 31.2 Å². The van der Waals surface area contributed by atoms with E-state index in [1.807, 2.05) is 37.3 Å². The van der Waals surface area contributed by atoms with Crippen LogP contribution in [-0.2, 0) is 4.79 Å². The summed E-state index contributed by atoms with van der Waals surface area (Å²) >= 11 is 0. The van der Waals surface area contributed by atoms with Gasteiger partial charge in [0.1, 0.15) is 19.3 Å². The van der Waals surface area contributed by atoms with Crippen LogP contribution >= 0.6 is 0 Å². The number of hydrogen-bond acceptors (Lipinski definition) is 4. The Kier molecular flexibility index (Phi) is 4.14. The lowest BCUT2D eigenvalue weighted by Crippen LogP contribution is -2.31. The Bertz CT molecular complexity index is 658. The zero-order chi connectivity index (χ0) is 15.4. The highest BCUT2D eigenvalue weighted by molar-refractivity contribution is 5.96. The van der Waals surface area contributed by atoms with Crippen molar-refractivity contribution in [2.24, 2.45) is 0 Å². The fourth-order valence-corrected chi connectivity index (χ4v) is 2.22. The maximum Gasteiger partial charge on any atom is 0.246 e. The molecule has 0 radical (unpaired) electrons. The van der Waals surface area contributed by atoms with E-state index < -0.39 is 0 Å². The van der Waals surface area contributed by atoms with Crippen molar-refractivity contribution in [1.82, 2.24) is 0 Å². The summed E-state index contributed by atoms with van der Waals surface area (Å²) in [5.41, 5.74) is 1.60. The molecule has 0 bridgehead atoms. The summed E-state index contributed by atoms with van der Waals surface area (Å²) in [5, 5.41) is 6.03. The molecule has 5 heteroatoms. The topological polar surface area (TPSA) is 59.6 Å². The summed E-state index contributed by atoms with van der Waals surface area (Å²) in [5.74, 6) is 1.26. The lowest BCUT2D eigenvalue weighted by molar-refractivity contribution is -0.116. The summed E-state index contributed by atoms with van der Waals surface area (Å²) in [4.78, 5) is 12.2. The highest BCUT2D eigenvalue weighted by Gasteiger charge is 2.15. The number of amides is 1. The van der Waals surface area contributed by atoms with Gasteiger partial charge >= 0.3 is 0 Å². The maximum absolute atomic E-state index is 12.2. The molecule has 1 aliphatic heterocycles. The molecule has 22 heavy (non-hydrogen) atoms. The third kappa shape index (κ3) is 3.31.